The maximum atomic E-state index is 10.3. The molecule has 2 nitrogen and oxygen atoms in total. The Balaban J connectivity index is 2.84. The molecule has 0 radical (unpaired) electrons. The van der Waals surface area contributed by atoms with Gasteiger partial charge in [-0.05, 0) is 12.1 Å². The van der Waals surface area contributed by atoms with Gasteiger partial charge < -0.3 is 4.57 Å². The van der Waals surface area contributed by atoms with Crippen LogP contribution in [0.4, 0.5) is 5.69 Å². The fourth-order valence-corrected chi connectivity index (χ4v) is 1.02. The van der Waals surface area contributed by atoms with Crippen LogP contribution in [0, 0.1) is 0 Å². The quantitative estimate of drug-likeness (QED) is 0.428. The van der Waals surface area contributed by atoms with E-state index < -0.39 is 0 Å². The summed E-state index contributed by atoms with van der Waals surface area (Å²) in [5.41, 5.74) is 0.976. The molecule has 1 aromatic rings. The van der Waals surface area contributed by atoms with Gasteiger partial charge in [0.2, 0.25) is 6.41 Å². The molecule has 3 heteroatoms. The standard InChI is InChI=1S/C7H9NOSi/c9-6-8(10)7-4-2-1-3-5-7/h1-6H,10H3. The minimum absolute atomic E-state index is 0.743. The lowest BCUT2D eigenvalue weighted by molar-refractivity contribution is -0.106. The minimum atomic E-state index is 0.743. The van der Waals surface area contributed by atoms with Crippen molar-refractivity contribution in [3.8, 4) is 0 Å². The van der Waals surface area contributed by atoms with Crippen LogP contribution < -0.4 is 4.57 Å². The van der Waals surface area contributed by atoms with Crippen molar-refractivity contribution in [1.29, 1.82) is 0 Å². The monoisotopic (exact) mass is 151 g/mol. The number of nitrogens with zero attached hydrogens (tertiary/aromatic N) is 1. The maximum Gasteiger partial charge on any atom is 0.205 e. The smallest absolute Gasteiger partial charge is 0.205 e. The number of anilines is 1. The van der Waals surface area contributed by atoms with E-state index in [2.05, 4.69) is 0 Å². The largest absolute Gasteiger partial charge is 0.352 e. The Kier molecular flexibility index (Phi) is 2.23. The number of amides is 1. The molecule has 0 aromatic heterocycles. The molecule has 0 unspecified atom stereocenters. The Morgan fingerprint density at radius 2 is 1.90 bits per heavy atom. The van der Waals surface area contributed by atoms with Crippen molar-refractivity contribution in [3.63, 3.8) is 0 Å². The number of benzene rings is 1. The average molecular weight is 151 g/mol. The van der Waals surface area contributed by atoms with E-state index in [4.69, 9.17) is 0 Å². The molecule has 0 saturated heterocycles. The molecule has 0 aliphatic rings. The van der Waals surface area contributed by atoms with Gasteiger partial charge in [-0.1, -0.05) is 18.2 Å². The molecule has 0 N–H and O–H groups in total. The summed E-state index contributed by atoms with van der Waals surface area (Å²) in [4.78, 5) is 10.3. The molecule has 52 valence electrons. The second kappa shape index (κ2) is 3.17. The van der Waals surface area contributed by atoms with Crippen LogP contribution in [0.5, 0.6) is 0 Å². The lowest BCUT2D eigenvalue weighted by Gasteiger charge is -2.09. The first-order valence-corrected chi connectivity index (χ1v) is 3.97. The Morgan fingerprint density at radius 3 is 2.40 bits per heavy atom. The van der Waals surface area contributed by atoms with E-state index in [1.165, 1.54) is 0 Å². The Labute approximate surface area is 63.0 Å². The molecule has 0 fully saturated rings. The molecule has 1 aromatic carbocycles. The van der Waals surface area contributed by atoms with Crippen molar-refractivity contribution in [2.45, 2.75) is 0 Å². The van der Waals surface area contributed by atoms with Gasteiger partial charge in [-0.15, -0.1) is 0 Å². The molecular formula is C7H9NOSi. The van der Waals surface area contributed by atoms with Crippen LogP contribution >= 0.6 is 0 Å². The maximum absolute atomic E-state index is 10.3. The Bertz CT molecular complexity index is 212. The number of carbonyl (C=O) groups is 1. The molecule has 0 bridgehead atoms. The molecule has 10 heavy (non-hydrogen) atoms. The summed E-state index contributed by atoms with van der Waals surface area (Å²) >= 11 is 0. The van der Waals surface area contributed by atoms with Crippen molar-refractivity contribution in [3.05, 3.63) is 30.3 Å². The van der Waals surface area contributed by atoms with E-state index in [1.807, 2.05) is 30.3 Å². The minimum Gasteiger partial charge on any atom is -0.352 e. The highest BCUT2D eigenvalue weighted by molar-refractivity contribution is 6.26. The summed E-state index contributed by atoms with van der Waals surface area (Å²) in [6, 6.07) is 9.61. The average Bonchev–Trinajstić information content (AvgIpc) is 2.05. The van der Waals surface area contributed by atoms with Gasteiger partial charge in [0.15, 0.2) is 0 Å². The van der Waals surface area contributed by atoms with Crippen LogP contribution in [-0.2, 0) is 4.79 Å². The summed E-state index contributed by atoms with van der Waals surface area (Å²) in [5, 5.41) is 0. The first kappa shape index (κ1) is 7.02. The van der Waals surface area contributed by atoms with Crippen molar-refractivity contribution in [2.24, 2.45) is 0 Å². The molecule has 1 rings (SSSR count). The molecule has 0 atom stereocenters. The number of hydrogen-bond acceptors (Lipinski definition) is 1. The van der Waals surface area contributed by atoms with Crippen LogP contribution in [-0.4, -0.2) is 16.8 Å². The van der Waals surface area contributed by atoms with Gasteiger partial charge in [0, 0.05) is 5.69 Å². The normalized spacial score (nSPS) is 9.20. The summed E-state index contributed by atoms with van der Waals surface area (Å²) in [6.07, 6.45) is 0.849. The van der Waals surface area contributed by atoms with Crippen molar-refractivity contribution < 1.29 is 4.79 Å². The molecule has 0 spiro atoms. The van der Waals surface area contributed by atoms with Gasteiger partial charge >= 0.3 is 0 Å². The van der Waals surface area contributed by atoms with Crippen molar-refractivity contribution in [1.82, 2.24) is 0 Å². The number of rotatable bonds is 2. The molecule has 1 amide bonds. The third kappa shape index (κ3) is 1.45. The van der Waals surface area contributed by atoms with Gasteiger partial charge in [-0.3, -0.25) is 4.79 Å². The fourth-order valence-electron chi connectivity index (χ4n) is 0.724. The molecular weight excluding hydrogens is 142 g/mol. The Morgan fingerprint density at radius 1 is 1.30 bits per heavy atom. The summed E-state index contributed by atoms with van der Waals surface area (Å²) in [7, 11) is 0.743. The third-order valence-corrected chi connectivity index (χ3v) is 2.05. The van der Waals surface area contributed by atoms with E-state index in [0.717, 1.165) is 22.5 Å². The summed E-state index contributed by atoms with van der Waals surface area (Å²) in [5.74, 6) is 0. The van der Waals surface area contributed by atoms with E-state index in [-0.39, 0.29) is 0 Å². The van der Waals surface area contributed by atoms with Crippen LogP contribution in [0.15, 0.2) is 30.3 Å². The predicted molar refractivity (Wildman–Crippen MR) is 44.9 cm³/mol. The molecule has 0 aliphatic heterocycles. The van der Waals surface area contributed by atoms with E-state index in [9.17, 15) is 4.79 Å². The summed E-state index contributed by atoms with van der Waals surface area (Å²) < 4.78 is 1.67. The van der Waals surface area contributed by atoms with Gasteiger partial charge in [0.25, 0.3) is 0 Å². The van der Waals surface area contributed by atoms with Crippen LogP contribution in [0.1, 0.15) is 0 Å². The van der Waals surface area contributed by atoms with E-state index in [1.54, 1.807) is 4.57 Å². The second-order valence-corrected chi connectivity index (χ2v) is 3.02. The van der Waals surface area contributed by atoms with E-state index in [0.29, 0.717) is 0 Å². The number of hydrogen-bond donors (Lipinski definition) is 0. The van der Waals surface area contributed by atoms with Crippen molar-refractivity contribution in [2.75, 3.05) is 4.57 Å². The van der Waals surface area contributed by atoms with Crippen LogP contribution in [0.25, 0.3) is 0 Å². The number of carbonyl (C=O) groups excluding carboxylic acids is 1. The van der Waals surface area contributed by atoms with Gasteiger partial charge in [-0.2, -0.15) is 0 Å². The zero-order chi connectivity index (χ0) is 7.40. The first-order chi connectivity index (χ1) is 4.84. The first-order valence-electron chi connectivity index (χ1n) is 3.08. The molecule has 0 aliphatic carbocycles. The zero-order valence-corrected chi connectivity index (χ0v) is 7.82. The van der Waals surface area contributed by atoms with Gasteiger partial charge in [0.05, 0.1) is 0 Å². The van der Waals surface area contributed by atoms with Gasteiger partial charge in [0.1, 0.15) is 10.4 Å². The van der Waals surface area contributed by atoms with E-state index >= 15 is 0 Å². The fraction of sp³-hybridized carbons (Fsp3) is 0. The third-order valence-electron chi connectivity index (χ3n) is 1.32. The topological polar surface area (TPSA) is 20.3 Å². The highest BCUT2D eigenvalue weighted by Crippen LogP contribution is 2.07. The second-order valence-electron chi connectivity index (χ2n) is 2.05. The Hall–Kier alpha value is -1.09. The predicted octanol–water partition coefficient (Wildman–Crippen LogP) is -0.0702. The summed E-state index contributed by atoms with van der Waals surface area (Å²) in [6.45, 7) is 0. The lowest BCUT2D eigenvalue weighted by atomic mass is 10.3. The number of para-hydroxylation sites is 1. The molecule has 0 saturated carbocycles. The molecule has 0 heterocycles. The lowest BCUT2D eigenvalue weighted by Crippen LogP contribution is -2.15. The highest BCUT2D eigenvalue weighted by atomic mass is 28.2. The zero-order valence-electron chi connectivity index (χ0n) is 5.82. The van der Waals surface area contributed by atoms with Crippen LogP contribution in [0.3, 0.4) is 0 Å². The SMILES string of the molecule is O=CN([SiH3])c1ccccc1. The van der Waals surface area contributed by atoms with Crippen LogP contribution in [0.2, 0.25) is 0 Å². The highest BCUT2D eigenvalue weighted by Gasteiger charge is 1.92. The van der Waals surface area contributed by atoms with Gasteiger partial charge in [-0.25, -0.2) is 0 Å². The van der Waals surface area contributed by atoms with Crippen molar-refractivity contribution >= 4 is 22.5 Å².